The number of hydrogen-bond donors (Lipinski definition) is 1. The van der Waals surface area contributed by atoms with E-state index < -0.39 is 6.04 Å². The fourth-order valence-electron chi connectivity index (χ4n) is 4.32. The quantitative estimate of drug-likeness (QED) is 0.409. The summed E-state index contributed by atoms with van der Waals surface area (Å²) < 4.78 is 1.86. The van der Waals surface area contributed by atoms with Gasteiger partial charge in [0, 0.05) is 48.6 Å². The molecule has 0 bridgehead atoms. The Morgan fingerprint density at radius 3 is 2.58 bits per heavy atom. The zero-order chi connectivity index (χ0) is 23.5. The van der Waals surface area contributed by atoms with Gasteiger partial charge >= 0.3 is 0 Å². The molecule has 2 aromatic carbocycles. The number of thioether (sulfide) groups is 1. The maximum atomic E-state index is 13.1. The van der Waals surface area contributed by atoms with Crippen LogP contribution in [0, 0.1) is 0 Å². The SMILES string of the molecule is CNC(=O)C(CCC=O)N1Cc2cc(-c3cnn(C)c3-c3ccc(SC)cc3)ccc2C1=O. The fourth-order valence-corrected chi connectivity index (χ4v) is 4.73. The second-order valence-corrected chi connectivity index (χ2v) is 8.82. The highest BCUT2D eigenvalue weighted by Gasteiger charge is 2.36. The van der Waals surface area contributed by atoms with Crippen molar-refractivity contribution < 1.29 is 14.4 Å². The van der Waals surface area contributed by atoms with E-state index in [1.54, 1.807) is 16.7 Å². The lowest BCUT2D eigenvalue weighted by atomic mass is 9.98. The van der Waals surface area contributed by atoms with Crippen LogP contribution in [0.3, 0.4) is 0 Å². The molecule has 0 saturated carbocycles. The molecule has 170 valence electrons. The van der Waals surface area contributed by atoms with Gasteiger partial charge in [-0.2, -0.15) is 5.10 Å². The van der Waals surface area contributed by atoms with Crippen molar-refractivity contribution in [3.05, 3.63) is 59.8 Å². The van der Waals surface area contributed by atoms with E-state index in [1.807, 2.05) is 42.4 Å². The average molecular weight is 463 g/mol. The number of aromatic nitrogens is 2. The highest BCUT2D eigenvalue weighted by Crippen LogP contribution is 2.35. The number of fused-ring (bicyclic) bond motifs is 1. The molecule has 4 rings (SSSR count). The number of hydrogen-bond acceptors (Lipinski definition) is 5. The van der Waals surface area contributed by atoms with Gasteiger partial charge in [-0.05, 0) is 48.1 Å². The molecule has 0 fully saturated rings. The predicted octanol–water partition coefficient (Wildman–Crippen LogP) is 3.53. The van der Waals surface area contributed by atoms with Gasteiger partial charge in [0.25, 0.3) is 5.91 Å². The van der Waals surface area contributed by atoms with Crippen LogP contribution in [0.1, 0.15) is 28.8 Å². The Hall–Kier alpha value is -3.39. The van der Waals surface area contributed by atoms with Crippen molar-refractivity contribution in [1.29, 1.82) is 0 Å². The lowest BCUT2D eigenvalue weighted by Gasteiger charge is -2.25. The number of aldehydes is 1. The van der Waals surface area contributed by atoms with E-state index in [4.69, 9.17) is 0 Å². The van der Waals surface area contributed by atoms with Crippen molar-refractivity contribution in [2.75, 3.05) is 13.3 Å². The Balaban J connectivity index is 1.68. The number of benzene rings is 2. The molecule has 0 saturated heterocycles. The van der Waals surface area contributed by atoms with E-state index in [2.05, 4.69) is 34.7 Å². The molecule has 2 heterocycles. The van der Waals surface area contributed by atoms with Gasteiger partial charge < -0.3 is 15.0 Å². The van der Waals surface area contributed by atoms with Crippen LogP contribution >= 0.6 is 11.8 Å². The highest BCUT2D eigenvalue weighted by atomic mass is 32.2. The summed E-state index contributed by atoms with van der Waals surface area (Å²) in [4.78, 5) is 39.1. The molecule has 1 atom stereocenters. The van der Waals surface area contributed by atoms with E-state index in [9.17, 15) is 14.4 Å². The van der Waals surface area contributed by atoms with Gasteiger partial charge in [-0.25, -0.2) is 0 Å². The molecule has 3 aromatic rings. The van der Waals surface area contributed by atoms with Crippen LogP contribution in [-0.4, -0.2) is 52.1 Å². The third kappa shape index (κ3) is 4.30. The predicted molar refractivity (Wildman–Crippen MR) is 129 cm³/mol. The third-order valence-electron chi connectivity index (χ3n) is 6.03. The van der Waals surface area contributed by atoms with Crippen molar-refractivity contribution >= 4 is 29.9 Å². The minimum atomic E-state index is -0.674. The summed E-state index contributed by atoms with van der Waals surface area (Å²) in [5, 5.41) is 7.09. The lowest BCUT2D eigenvalue weighted by Crippen LogP contribution is -2.46. The van der Waals surface area contributed by atoms with E-state index in [-0.39, 0.29) is 18.2 Å². The third-order valence-corrected chi connectivity index (χ3v) is 6.78. The van der Waals surface area contributed by atoms with Crippen molar-refractivity contribution in [1.82, 2.24) is 20.0 Å². The number of carbonyl (C=O) groups excluding carboxylic acids is 3. The summed E-state index contributed by atoms with van der Waals surface area (Å²) in [5.41, 5.74) is 5.46. The molecule has 0 radical (unpaired) electrons. The summed E-state index contributed by atoms with van der Waals surface area (Å²) in [6.45, 7) is 0.330. The highest BCUT2D eigenvalue weighted by molar-refractivity contribution is 7.98. The first-order chi connectivity index (χ1) is 16.0. The summed E-state index contributed by atoms with van der Waals surface area (Å²) in [5.74, 6) is -0.448. The summed E-state index contributed by atoms with van der Waals surface area (Å²) in [6, 6.07) is 13.4. The molecular formula is C25H26N4O3S. The smallest absolute Gasteiger partial charge is 0.255 e. The topological polar surface area (TPSA) is 84.3 Å². The first-order valence-electron chi connectivity index (χ1n) is 10.7. The molecule has 1 N–H and O–H groups in total. The van der Waals surface area contributed by atoms with Crippen LogP contribution in [0.25, 0.3) is 22.4 Å². The Kier molecular flexibility index (Phi) is 6.65. The van der Waals surface area contributed by atoms with E-state index in [1.165, 1.54) is 11.9 Å². The number of nitrogens with zero attached hydrogens (tertiary/aromatic N) is 3. The standard InChI is InChI=1S/C25H26N4O3S/c1-26-24(31)22(5-4-12-30)29-15-18-13-17(8-11-20(18)25(29)32)21-14-27-28(2)23(21)16-6-9-19(33-3)10-7-16/h6-14,22H,4-5,15H2,1-3H3,(H,26,31). The largest absolute Gasteiger partial charge is 0.357 e. The van der Waals surface area contributed by atoms with Gasteiger partial charge in [-0.15, -0.1) is 11.8 Å². The molecule has 2 amide bonds. The van der Waals surface area contributed by atoms with Gasteiger partial charge in [0.05, 0.1) is 11.9 Å². The number of carbonyl (C=O) groups is 3. The number of nitrogens with one attached hydrogen (secondary N) is 1. The van der Waals surface area contributed by atoms with E-state index >= 15 is 0 Å². The van der Waals surface area contributed by atoms with Crippen LogP contribution in [0.2, 0.25) is 0 Å². The van der Waals surface area contributed by atoms with Crippen molar-refractivity contribution in [2.24, 2.45) is 7.05 Å². The molecule has 8 heteroatoms. The molecule has 1 aromatic heterocycles. The Morgan fingerprint density at radius 1 is 1.18 bits per heavy atom. The van der Waals surface area contributed by atoms with Gasteiger partial charge in [0.1, 0.15) is 12.3 Å². The van der Waals surface area contributed by atoms with Crippen LogP contribution in [-0.2, 0) is 23.2 Å². The lowest BCUT2D eigenvalue weighted by molar-refractivity contribution is -0.125. The summed E-state index contributed by atoms with van der Waals surface area (Å²) in [6.07, 6.45) is 5.18. The molecule has 1 aliphatic heterocycles. The van der Waals surface area contributed by atoms with Crippen LogP contribution in [0.4, 0.5) is 0 Å². The monoisotopic (exact) mass is 462 g/mol. The van der Waals surface area contributed by atoms with Gasteiger partial charge in [0.15, 0.2) is 0 Å². The van der Waals surface area contributed by atoms with Crippen molar-refractivity contribution in [2.45, 2.75) is 30.3 Å². The zero-order valence-corrected chi connectivity index (χ0v) is 19.7. The number of likely N-dealkylation sites (N-methyl/N-ethyl adjacent to an activating group) is 1. The van der Waals surface area contributed by atoms with Gasteiger partial charge in [-0.1, -0.05) is 18.2 Å². The van der Waals surface area contributed by atoms with Crippen LogP contribution < -0.4 is 5.32 Å². The summed E-state index contributed by atoms with van der Waals surface area (Å²) in [7, 11) is 3.46. The number of amides is 2. The molecule has 0 spiro atoms. The molecule has 0 aliphatic carbocycles. The maximum absolute atomic E-state index is 13.1. The average Bonchev–Trinajstić information content (AvgIpc) is 3.38. The van der Waals surface area contributed by atoms with E-state index in [0.717, 1.165) is 34.2 Å². The van der Waals surface area contributed by atoms with Crippen molar-refractivity contribution in [3.8, 4) is 22.4 Å². The molecule has 7 nitrogen and oxygen atoms in total. The molecule has 1 aliphatic rings. The fraction of sp³-hybridized carbons (Fsp3) is 0.280. The minimum absolute atomic E-state index is 0.185. The van der Waals surface area contributed by atoms with Crippen molar-refractivity contribution in [3.63, 3.8) is 0 Å². The van der Waals surface area contributed by atoms with Crippen LogP contribution in [0.5, 0.6) is 0 Å². The Bertz CT molecular complexity index is 1200. The van der Waals surface area contributed by atoms with Gasteiger partial charge in [0.2, 0.25) is 5.91 Å². The summed E-state index contributed by atoms with van der Waals surface area (Å²) >= 11 is 1.70. The molecule has 33 heavy (non-hydrogen) atoms. The second kappa shape index (κ2) is 9.62. The first kappa shape index (κ1) is 22.8. The number of rotatable bonds is 8. The normalized spacial score (nSPS) is 13.7. The zero-order valence-electron chi connectivity index (χ0n) is 18.9. The number of aryl methyl sites for hydroxylation is 1. The van der Waals surface area contributed by atoms with Crippen LogP contribution in [0.15, 0.2) is 53.6 Å². The minimum Gasteiger partial charge on any atom is -0.357 e. The first-order valence-corrected chi connectivity index (χ1v) is 12.0. The second-order valence-electron chi connectivity index (χ2n) is 7.94. The Labute approximate surface area is 197 Å². The van der Waals surface area contributed by atoms with Gasteiger partial charge in [-0.3, -0.25) is 14.3 Å². The van der Waals surface area contributed by atoms with E-state index in [0.29, 0.717) is 18.5 Å². The maximum Gasteiger partial charge on any atom is 0.255 e. The molecule has 1 unspecified atom stereocenters. The Morgan fingerprint density at radius 2 is 1.91 bits per heavy atom. The molecular weight excluding hydrogens is 436 g/mol.